The summed E-state index contributed by atoms with van der Waals surface area (Å²) in [5.41, 5.74) is 2.56. The van der Waals surface area contributed by atoms with Gasteiger partial charge in [0.25, 0.3) is 11.1 Å². The van der Waals surface area contributed by atoms with Crippen molar-refractivity contribution in [2.24, 2.45) is 0 Å². The zero-order chi connectivity index (χ0) is 21.7. The molecule has 0 bridgehead atoms. The number of anilines is 2. The first-order valence-corrected chi connectivity index (χ1v) is 11.5. The van der Waals surface area contributed by atoms with Crippen LogP contribution in [0, 0.1) is 3.57 Å². The monoisotopic (exact) mass is 535 g/mol. The van der Waals surface area contributed by atoms with Gasteiger partial charge in [-0.3, -0.25) is 19.3 Å². The molecule has 1 aliphatic rings. The number of nitrogens with one attached hydrogen (secondary N) is 1. The van der Waals surface area contributed by atoms with E-state index in [-0.39, 0.29) is 6.54 Å². The lowest BCUT2D eigenvalue weighted by molar-refractivity contribution is -0.127. The van der Waals surface area contributed by atoms with Crippen LogP contribution in [0.1, 0.15) is 19.4 Å². The fourth-order valence-electron chi connectivity index (χ4n) is 3.04. The second kappa shape index (κ2) is 10.1. The molecule has 0 unspecified atom stereocenters. The number of thioether (sulfide) groups is 1. The smallest absolute Gasteiger partial charge is 0.294 e. The van der Waals surface area contributed by atoms with Crippen LogP contribution < -0.4 is 10.2 Å². The third kappa shape index (κ3) is 5.42. The van der Waals surface area contributed by atoms with E-state index < -0.39 is 17.1 Å². The summed E-state index contributed by atoms with van der Waals surface area (Å²) in [6.07, 6.45) is 1.69. The normalized spacial score (nSPS) is 15.0. The Labute approximate surface area is 193 Å². The van der Waals surface area contributed by atoms with E-state index in [2.05, 4.69) is 46.7 Å². The summed E-state index contributed by atoms with van der Waals surface area (Å²) in [6, 6.07) is 15.1. The summed E-state index contributed by atoms with van der Waals surface area (Å²) >= 11 is 3.03. The molecule has 0 aliphatic carbocycles. The van der Waals surface area contributed by atoms with Crippen molar-refractivity contribution in [2.75, 3.05) is 29.9 Å². The van der Waals surface area contributed by atoms with Crippen molar-refractivity contribution in [1.29, 1.82) is 0 Å². The average Bonchev–Trinajstić information content (AvgIpc) is 2.99. The maximum Gasteiger partial charge on any atom is 0.294 e. The van der Waals surface area contributed by atoms with Crippen molar-refractivity contribution < 1.29 is 14.4 Å². The van der Waals surface area contributed by atoms with E-state index in [0.717, 1.165) is 44.6 Å². The van der Waals surface area contributed by atoms with Crippen LogP contribution in [0.3, 0.4) is 0 Å². The molecule has 1 N–H and O–H groups in total. The number of carbonyl (C=O) groups excluding carboxylic acids is 3. The fourth-order valence-corrected chi connectivity index (χ4v) is 4.23. The molecule has 0 saturated carbocycles. The molecule has 0 atom stereocenters. The van der Waals surface area contributed by atoms with E-state index in [4.69, 9.17) is 0 Å². The number of benzene rings is 2. The van der Waals surface area contributed by atoms with Gasteiger partial charge >= 0.3 is 0 Å². The van der Waals surface area contributed by atoms with E-state index in [9.17, 15) is 14.4 Å². The fraction of sp³-hybridized carbons (Fsp3) is 0.227. The highest BCUT2D eigenvalue weighted by atomic mass is 127. The van der Waals surface area contributed by atoms with Gasteiger partial charge in [0.15, 0.2) is 0 Å². The predicted octanol–water partition coefficient (Wildman–Crippen LogP) is 4.81. The standard InChI is InChI=1S/C22H22IN3O3S/c1-3-25(4-2)18-11-5-15(6-12-18)13-19-21(28)26(22(29)30-19)14-20(27)24-17-9-7-16(23)8-10-17/h5-13H,3-4,14H2,1-2H3,(H,24,27)/b19-13+. The number of nitrogens with zero attached hydrogens (tertiary/aromatic N) is 2. The van der Waals surface area contributed by atoms with Gasteiger partial charge < -0.3 is 10.2 Å². The molecular weight excluding hydrogens is 513 g/mol. The van der Waals surface area contributed by atoms with Crippen molar-refractivity contribution in [3.05, 3.63) is 62.6 Å². The molecule has 1 heterocycles. The molecular formula is C22H22IN3O3S. The van der Waals surface area contributed by atoms with Crippen molar-refractivity contribution in [3.63, 3.8) is 0 Å². The van der Waals surface area contributed by atoms with Crippen molar-refractivity contribution >= 4 is 68.9 Å². The summed E-state index contributed by atoms with van der Waals surface area (Å²) < 4.78 is 1.05. The highest BCUT2D eigenvalue weighted by Crippen LogP contribution is 2.32. The summed E-state index contributed by atoms with van der Waals surface area (Å²) in [5.74, 6) is -0.862. The first-order valence-electron chi connectivity index (χ1n) is 9.57. The molecule has 3 amide bonds. The first kappa shape index (κ1) is 22.4. The molecule has 2 aromatic rings. The number of carbonyl (C=O) groups is 3. The molecule has 1 aliphatic heterocycles. The number of hydrogen-bond donors (Lipinski definition) is 1. The number of amides is 3. The molecule has 30 heavy (non-hydrogen) atoms. The molecule has 8 heteroatoms. The van der Waals surface area contributed by atoms with Crippen LogP contribution in [-0.4, -0.2) is 41.6 Å². The Morgan fingerprint density at radius 3 is 2.30 bits per heavy atom. The van der Waals surface area contributed by atoms with Gasteiger partial charge in [-0.1, -0.05) is 12.1 Å². The van der Waals surface area contributed by atoms with Crippen molar-refractivity contribution in [2.45, 2.75) is 13.8 Å². The minimum atomic E-state index is -0.449. The number of imide groups is 1. The second-order valence-corrected chi connectivity index (χ2v) is 8.83. The third-order valence-electron chi connectivity index (χ3n) is 4.62. The van der Waals surface area contributed by atoms with Gasteiger partial charge in [-0.2, -0.15) is 0 Å². The van der Waals surface area contributed by atoms with Crippen LogP contribution in [0.5, 0.6) is 0 Å². The van der Waals surface area contributed by atoms with Gasteiger partial charge in [-0.15, -0.1) is 0 Å². The summed E-state index contributed by atoms with van der Waals surface area (Å²) in [6.45, 7) is 5.72. The molecule has 156 valence electrons. The maximum atomic E-state index is 12.6. The summed E-state index contributed by atoms with van der Waals surface area (Å²) in [7, 11) is 0. The molecule has 1 fully saturated rings. The van der Waals surface area contributed by atoms with Gasteiger partial charge in [0, 0.05) is 28.0 Å². The van der Waals surface area contributed by atoms with E-state index in [1.165, 1.54) is 0 Å². The highest BCUT2D eigenvalue weighted by Gasteiger charge is 2.36. The minimum absolute atomic E-state index is 0.311. The van der Waals surface area contributed by atoms with Crippen LogP contribution in [0.4, 0.5) is 16.2 Å². The van der Waals surface area contributed by atoms with Gasteiger partial charge in [-0.05, 0) is 96.2 Å². The third-order valence-corrected chi connectivity index (χ3v) is 6.25. The molecule has 3 rings (SSSR count). The Morgan fingerprint density at radius 1 is 1.07 bits per heavy atom. The van der Waals surface area contributed by atoms with Gasteiger partial charge in [0.05, 0.1) is 4.91 Å². The van der Waals surface area contributed by atoms with Crippen LogP contribution in [-0.2, 0) is 9.59 Å². The summed E-state index contributed by atoms with van der Waals surface area (Å²) in [4.78, 5) is 40.7. The Morgan fingerprint density at radius 2 is 1.70 bits per heavy atom. The Hall–Kier alpha value is -2.33. The highest BCUT2D eigenvalue weighted by molar-refractivity contribution is 14.1. The van der Waals surface area contributed by atoms with Crippen LogP contribution in [0.15, 0.2) is 53.4 Å². The van der Waals surface area contributed by atoms with E-state index in [1.807, 2.05) is 36.4 Å². The SMILES string of the molecule is CCN(CC)c1ccc(/C=C2/SC(=O)N(CC(=O)Nc3ccc(I)cc3)C2=O)cc1. The summed E-state index contributed by atoms with van der Waals surface area (Å²) in [5, 5.41) is 2.27. The Bertz CT molecular complexity index is 970. The largest absolute Gasteiger partial charge is 0.372 e. The molecule has 0 aromatic heterocycles. The zero-order valence-electron chi connectivity index (χ0n) is 16.7. The van der Waals surface area contributed by atoms with Gasteiger partial charge in [0.2, 0.25) is 5.91 Å². The van der Waals surface area contributed by atoms with Gasteiger partial charge in [-0.25, -0.2) is 0 Å². The average molecular weight is 535 g/mol. The van der Waals surface area contributed by atoms with E-state index in [0.29, 0.717) is 10.6 Å². The zero-order valence-corrected chi connectivity index (χ0v) is 19.7. The lowest BCUT2D eigenvalue weighted by atomic mass is 10.1. The van der Waals surface area contributed by atoms with Crippen LogP contribution in [0.25, 0.3) is 6.08 Å². The predicted molar refractivity (Wildman–Crippen MR) is 130 cm³/mol. The number of rotatable bonds is 7. The number of hydrogen-bond acceptors (Lipinski definition) is 5. The van der Waals surface area contributed by atoms with E-state index in [1.54, 1.807) is 18.2 Å². The number of halogens is 1. The maximum absolute atomic E-state index is 12.6. The van der Waals surface area contributed by atoms with E-state index >= 15 is 0 Å². The lowest BCUT2D eigenvalue weighted by Crippen LogP contribution is -2.36. The Balaban J connectivity index is 1.66. The molecule has 1 saturated heterocycles. The topological polar surface area (TPSA) is 69.7 Å². The van der Waals surface area contributed by atoms with Crippen molar-refractivity contribution in [1.82, 2.24) is 4.90 Å². The van der Waals surface area contributed by atoms with Gasteiger partial charge in [0.1, 0.15) is 6.54 Å². The lowest BCUT2D eigenvalue weighted by Gasteiger charge is -2.20. The van der Waals surface area contributed by atoms with Crippen LogP contribution in [0.2, 0.25) is 0 Å². The quantitative estimate of drug-likeness (QED) is 0.407. The van der Waals surface area contributed by atoms with Crippen molar-refractivity contribution in [3.8, 4) is 0 Å². The molecule has 6 nitrogen and oxygen atoms in total. The second-order valence-electron chi connectivity index (χ2n) is 6.59. The first-order chi connectivity index (χ1) is 14.4. The minimum Gasteiger partial charge on any atom is -0.372 e. The van der Waals surface area contributed by atoms with Crippen LogP contribution >= 0.6 is 34.4 Å². The molecule has 0 spiro atoms. The Kier molecular flexibility index (Phi) is 7.54. The molecule has 0 radical (unpaired) electrons. The molecule has 2 aromatic carbocycles.